The maximum absolute atomic E-state index is 13.5. The van der Waals surface area contributed by atoms with Crippen molar-refractivity contribution < 1.29 is 16.8 Å². The number of hydrogen-bond donors (Lipinski definition) is 1. The molecule has 0 saturated carbocycles. The Labute approximate surface area is 216 Å². The highest BCUT2D eigenvalue weighted by atomic mass is 35.5. The molecule has 1 aliphatic heterocycles. The van der Waals surface area contributed by atoms with Gasteiger partial charge in [0.25, 0.3) is 0 Å². The van der Waals surface area contributed by atoms with E-state index >= 15 is 0 Å². The number of halogens is 1. The molecule has 1 aliphatic rings. The van der Waals surface area contributed by atoms with Crippen LogP contribution < -0.4 is 5.32 Å². The molecule has 0 aliphatic carbocycles. The Kier molecular flexibility index (Phi) is 10.5. The Bertz CT molecular complexity index is 1200. The van der Waals surface area contributed by atoms with Gasteiger partial charge in [-0.1, -0.05) is 42.0 Å². The molecule has 10 heteroatoms. The molecule has 0 aromatic heterocycles. The van der Waals surface area contributed by atoms with Crippen LogP contribution in [0.25, 0.3) is 0 Å². The van der Waals surface area contributed by atoms with Crippen molar-refractivity contribution in [3.63, 3.8) is 0 Å². The van der Waals surface area contributed by atoms with Crippen LogP contribution in [0.5, 0.6) is 0 Å². The zero-order valence-electron chi connectivity index (χ0n) is 20.6. The van der Waals surface area contributed by atoms with E-state index in [0.29, 0.717) is 38.0 Å². The summed E-state index contributed by atoms with van der Waals surface area (Å²) < 4.78 is 56.7. The molecule has 0 bridgehead atoms. The van der Waals surface area contributed by atoms with Gasteiger partial charge in [-0.3, -0.25) is 0 Å². The van der Waals surface area contributed by atoms with Gasteiger partial charge >= 0.3 is 0 Å². The van der Waals surface area contributed by atoms with E-state index in [0.717, 1.165) is 11.1 Å². The minimum atomic E-state index is -3.78. The van der Waals surface area contributed by atoms with Gasteiger partial charge in [-0.2, -0.15) is 8.61 Å². The SMILES string of the molecule is C=C1CN(S(=O)(=O)c2ccc(C)cc2)CCCNCCC(C)N(S(=O)(=O)c2ccc(C)cc2)C1.Cl. The first-order valence-corrected chi connectivity index (χ1v) is 14.4. The van der Waals surface area contributed by atoms with Crippen molar-refractivity contribution in [3.05, 3.63) is 71.8 Å². The van der Waals surface area contributed by atoms with Crippen molar-refractivity contribution in [2.75, 3.05) is 32.7 Å². The van der Waals surface area contributed by atoms with Gasteiger partial charge in [0, 0.05) is 25.7 Å². The van der Waals surface area contributed by atoms with Crippen LogP contribution in [0.2, 0.25) is 0 Å². The summed E-state index contributed by atoms with van der Waals surface area (Å²) in [6, 6.07) is 13.3. The van der Waals surface area contributed by atoms with E-state index in [9.17, 15) is 16.8 Å². The lowest BCUT2D eigenvalue weighted by Gasteiger charge is -2.31. The van der Waals surface area contributed by atoms with Gasteiger partial charge in [0.15, 0.2) is 0 Å². The molecule has 2 aromatic carbocycles. The largest absolute Gasteiger partial charge is 0.317 e. The molecular weight excluding hydrogens is 506 g/mol. The first-order chi connectivity index (χ1) is 16.0. The molecule has 7 nitrogen and oxygen atoms in total. The molecule has 2 aromatic rings. The third-order valence-electron chi connectivity index (χ3n) is 6.06. The summed E-state index contributed by atoms with van der Waals surface area (Å²) in [7, 11) is -7.53. The summed E-state index contributed by atoms with van der Waals surface area (Å²) in [5, 5.41) is 3.32. The monoisotopic (exact) mass is 541 g/mol. The summed E-state index contributed by atoms with van der Waals surface area (Å²) in [4.78, 5) is 0.449. The quantitative estimate of drug-likeness (QED) is 0.596. The number of rotatable bonds is 4. The number of hydrogen-bond acceptors (Lipinski definition) is 5. The number of nitrogens with zero attached hydrogens (tertiary/aromatic N) is 2. The maximum Gasteiger partial charge on any atom is 0.243 e. The predicted molar refractivity (Wildman–Crippen MR) is 143 cm³/mol. The number of sulfonamides is 2. The number of aryl methyl sites for hydroxylation is 2. The van der Waals surface area contributed by atoms with Crippen LogP contribution in [-0.4, -0.2) is 64.2 Å². The molecule has 0 amide bonds. The second-order valence-electron chi connectivity index (χ2n) is 9.01. The molecule has 0 radical (unpaired) electrons. The highest BCUT2D eigenvalue weighted by Gasteiger charge is 2.31. The molecule has 1 heterocycles. The molecule has 194 valence electrons. The van der Waals surface area contributed by atoms with Crippen LogP contribution in [-0.2, 0) is 20.0 Å². The van der Waals surface area contributed by atoms with Gasteiger partial charge in [0.1, 0.15) is 0 Å². The number of nitrogens with one attached hydrogen (secondary N) is 1. The Morgan fingerprint density at radius 3 is 1.89 bits per heavy atom. The standard InChI is InChI=1S/C25H35N3O4S2.ClH/c1-20-6-10-24(11-7-20)33(29,30)27-17-5-15-26-16-14-23(4)28(19-22(3)18-27)34(31,32)25-12-8-21(2)9-13-25;/h6-13,23,26H,3,5,14-19H2,1-2,4H3;1H. The van der Waals surface area contributed by atoms with E-state index in [1.165, 1.54) is 8.61 Å². The van der Waals surface area contributed by atoms with E-state index in [1.54, 1.807) is 48.5 Å². The Morgan fingerprint density at radius 2 is 1.34 bits per heavy atom. The van der Waals surface area contributed by atoms with Crippen molar-refractivity contribution in [1.29, 1.82) is 0 Å². The lowest BCUT2D eigenvalue weighted by molar-refractivity contribution is 0.322. The van der Waals surface area contributed by atoms with E-state index in [4.69, 9.17) is 0 Å². The molecule has 1 fully saturated rings. The minimum Gasteiger partial charge on any atom is -0.317 e. The fraction of sp³-hybridized carbons (Fsp3) is 0.440. The summed E-state index contributed by atoms with van der Waals surface area (Å²) >= 11 is 0. The van der Waals surface area contributed by atoms with Crippen LogP contribution in [0.1, 0.15) is 30.9 Å². The van der Waals surface area contributed by atoms with Gasteiger partial charge in [-0.05, 0) is 76.5 Å². The summed E-state index contributed by atoms with van der Waals surface area (Å²) in [6.07, 6.45) is 1.29. The molecule has 3 rings (SSSR count). The average Bonchev–Trinajstić information content (AvgIpc) is 2.78. The van der Waals surface area contributed by atoms with Gasteiger partial charge in [-0.15, -0.1) is 12.4 Å². The molecule has 1 saturated heterocycles. The van der Waals surface area contributed by atoms with E-state index < -0.39 is 20.0 Å². The topological polar surface area (TPSA) is 86.8 Å². The van der Waals surface area contributed by atoms with Crippen LogP contribution in [0.15, 0.2) is 70.5 Å². The van der Waals surface area contributed by atoms with Crippen LogP contribution in [0.4, 0.5) is 0 Å². The second kappa shape index (κ2) is 12.5. The highest BCUT2D eigenvalue weighted by Crippen LogP contribution is 2.23. The van der Waals surface area contributed by atoms with Crippen LogP contribution in [0, 0.1) is 13.8 Å². The Hall–Kier alpha value is -1.75. The van der Waals surface area contributed by atoms with Crippen molar-refractivity contribution in [2.24, 2.45) is 0 Å². The van der Waals surface area contributed by atoms with Gasteiger partial charge in [0.05, 0.1) is 9.79 Å². The van der Waals surface area contributed by atoms with E-state index in [1.807, 2.05) is 20.8 Å². The van der Waals surface area contributed by atoms with E-state index in [2.05, 4.69) is 11.9 Å². The normalized spacial score (nSPS) is 19.9. The van der Waals surface area contributed by atoms with Crippen molar-refractivity contribution in [1.82, 2.24) is 13.9 Å². The van der Waals surface area contributed by atoms with Crippen molar-refractivity contribution in [2.45, 2.75) is 49.4 Å². The molecular formula is C25H36ClN3O4S2. The van der Waals surface area contributed by atoms with Gasteiger partial charge in [-0.25, -0.2) is 16.8 Å². The smallest absolute Gasteiger partial charge is 0.243 e. The summed E-state index contributed by atoms with van der Waals surface area (Å²) in [5.41, 5.74) is 2.49. The summed E-state index contributed by atoms with van der Waals surface area (Å²) in [5.74, 6) is 0. The molecule has 0 spiro atoms. The minimum absolute atomic E-state index is 0. The first-order valence-electron chi connectivity index (χ1n) is 11.5. The molecule has 1 unspecified atom stereocenters. The van der Waals surface area contributed by atoms with Gasteiger partial charge in [0.2, 0.25) is 20.0 Å². The zero-order chi connectivity index (χ0) is 24.9. The molecule has 35 heavy (non-hydrogen) atoms. The third-order valence-corrected chi connectivity index (χ3v) is 9.89. The maximum atomic E-state index is 13.5. The Balaban J connectivity index is 0.00000432. The van der Waals surface area contributed by atoms with Crippen molar-refractivity contribution in [3.8, 4) is 0 Å². The molecule has 1 atom stereocenters. The van der Waals surface area contributed by atoms with Crippen molar-refractivity contribution >= 4 is 32.5 Å². The summed E-state index contributed by atoms with van der Waals surface area (Å²) in [6.45, 7) is 11.5. The highest BCUT2D eigenvalue weighted by molar-refractivity contribution is 7.89. The lowest BCUT2D eigenvalue weighted by Crippen LogP contribution is -2.44. The lowest BCUT2D eigenvalue weighted by atomic mass is 10.2. The zero-order valence-corrected chi connectivity index (χ0v) is 23.1. The van der Waals surface area contributed by atoms with E-state index in [-0.39, 0.29) is 41.3 Å². The first kappa shape index (κ1) is 29.5. The Morgan fingerprint density at radius 1 is 0.829 bits per heavy atom. The van der Waals surface area contributed by atoms with Gasteiger partial charge < -0.3 is 5.32 Å². The van der Waals surface area contributed by atoms with Crippen LogP contribution in [0.3, 0.4) is 0 Å². The number of benzene rings is 2. The fourth-order valence-electron chi connectivity index (χ4n) is 3.95. The molecule has 1 N–H and O–H groups in total. The second-order valence-corrected chi connectivity index (χ2v) is 12.8. The third kappa shape index (κ3) is 7.38. The fourth-order valence-corrected chi connectivity index (χ4v) is 7.13. The average molecular weight is 542 g/mol. The van der Waals surface area contributed by atoms with Crippen LogP contribution >= 0.6 is 12.4 Å². The predicted octanol–water partition coefficient (Wildman–Crippen LogP) is 3.73.